The number of hydrogen-bond acceptors (Lipinski definition) is 2. The molecule has 0 amide bonds. The van der Waals surface area contributed by atoms with Crippen LogP contribution in [0, 0.1) is 5.82 Å². The van der Waals surface area contributed by atoms with Gasteiger partial charge in [-0.2, -0.15) is 9.89 Å². The van der Waals surface area contributed by atoms with Crippen LogP contribution in [0.25, 0.3) is 10.9 Å². The number of hydrogen-bond donors (Lipinski definition) is 1. The van der Waals surface area contributed by atoms with Crippen molar-refractivity contribution in [3.63, 3.8) is 0 Å². The molecule has 1 aromatic heterocycles. The maximum absolute atomic E-state index is 12.6. The van der Waals surface area contributed by atoms with Gasteiger partial charge in [-0.25, -0.2) is 4.39 Å². The molecule has 0 atom stereocenters. The third-order valence-corrected chi connectivity index (χ3v) is 1.56. The van der Waals surface area contributed by atoms with Crippen LogP contribution in [0.5, 0.6) is 0 Å². The molecule has 0 radical (unpaired) electrons. The van der Waals surface area contributed by atoms with Gasteiger partial charge in [0.25, 0.3) is 0 Å². The number of benzene rings is 1. The molecule has 3 nitrogen and oxygen atoms in total. The van der Waals surface area contributed by atoms with Gasteiger partial charge < -0.3 is 5.84 Å². The van der Waals surface area contributed by atoms with Gasteiger partial charge in [-0.15, -0.1) is 0 Å². The second kappa shape index (κ2) is 1.95. The molecule has 2 N–H and O–H groups in total. The van der Waals surface area contributed by atoms with Gasteiger partial charge in [0.1, 0.15) is 5.82 Å². The predicted molar refractivity (Wildman–Crippen MR) is 39.8 cm³/mol. The zero-order valence-corrected chi connectivity index (χ0v) is 5.66. The summed E-state index contributed by atoms with van der Waals surface area (Å²) in [5, 5.41) is 4.61. The lowest BCUT2D eigenvalue weighted by Gasteiger charge is -1.92. The molecule has 0 aliphatic heterocycles. The minimum absolute atomic E-state index is 0.301. The highest BCUT2D eigenvalue weighted by atomic mass is 19.1. The van der Waals surface area contributed by atoms with E-state index in [1.165, 1.54) is 12.1 Å². The molecule has 0 aliphatic carbocycles. The smallest absolute Gasteiger partial charge is 0.125 e. The molecule has 2 rings (SSSR count). The van der Waals surface area contributed by atoms with Gasteiger partial charge in [-0.1, -0.05) is 0 Å². The topological polar surface area (TPSA) is 43.8 Å². The predicted octanol–water partition coefficient (Wildman–Crippen LogP) is 0.889. The lowest BCUT2D eigenvalue weighted by atomic mass is 10.2. The van der Waals surface area contributed by atoms with Crippen LogP contribution in [0.15, 0.2) is 24.4 Å². The summed E-state index contributed by atoms with van der Waals surface area (Å²) in [6.45, 7) is 0. The van der Waals surface area contributed by atoms with E-state index in [4.69, 9.17) is 5.84 Å². The molecule has 2 aromatic rings. The summed E-state index contributed by atoms with van der Waals surface area (Å²) in [4.78, 5) is 1.15. The number of nitrogens with zero attached hydrogens (tertiary/aromatic N) is 2. The van der Waals surface area contributed by atoms with Crippen molar-refractivity contribution < 1.29 is 4.39 Å². The van der Waals surface area contributed by atoms with Gasteiger partial charge in [0.2, 0.25) is 0 Å². The molecule has 4 heteroatoms. The molecule has 1 heterocycles. The van der Waals surface area contributed by atoms with Crippen LogP contribution < -0.4 is 5.84 Å². The SMILES string of the molecule is Nn1ncc2ccc(F)cc21. The first kappa shape index (κ1) is 6.15. The van der Waals surface area contributed by atoms with Crippen molar-refractivity contribution in [3.05, 3.63) is 30.2 Å². The second-order valence-corrected chi connectivity index (χ2v) is 2.29. The Balaban J connectivity index is 2.87. The minimum Gasteiger partial charge on any atom is -0.323 e. The Labute approximate surface area is 62.2 Å². The number of nitrogens with two attached hydrogens (primary N) is 1. The summed E-state index contributed by atoms with van der Waals surface area (Å²) in [6.07, 6.45) is 1.59. The monoisotopic (exact) mass is 151 g/mol. The number of rotatable bonds is 0. The quantitative estimate of drug-likeness (QED) is 0.568. The van der Waals surface area contributed by atoms with Gasteiger partial charge in [0, 0.05) is 11.5 Å². The Morgan fingerprint density at radius 1 is 1.45 bits per heavy atom. The van der Waals surface area contributed by atoms with Crippen molar-refractivity contribution in [3.8, 4) is 0 Å². The normalized spacial score (nSPS) is 10.6. The molecule has 0 spiro atoms. The Kier molecular flexibility index (Phi) is 1.09. The number of nitrogen functional groups attached to an aromatic ring is 1. The Morgan fingerprint density at radius 3 is 3.09 bits per heavy atom. The second-order valence-electron chi connectivity index (χ2n) is 2.29. The van der Waals surface area contributed by atoms with Gasteiger partial charge in [-0.05, 0) is 12.1 Å². The molecular formula is C7H6FN3. The third kappa shape index (κ3) is 0.832. The van der Waals surface area contributed by atoms with Crippen LogP contribution in [0.1, 0.15) is 0 Å². The van der Waals surface area contributed by atoms with Crippen molar-refractivity contribution in [1.29, 1.82) is 0 Å². The molecule has 56 valence electrons. The van der Waals surface area contributed by atoms with E-state index in [1.54, 1.807) is 12.3 Å². The molecule has 11 heavy (non-hydrogen) atoms. The molecular weight excluding hydrogens is 145 g/mol. The standard InChI is InChI=1S/C7H6FN3/c8-6-2-1-5-4-10-11(9)7(5)3-6/h1-4H,9H2. The highest BCUT2D eigenvalue weighted by Crippen LogP contribution is 2.12. The Morgan fingerprint density at radius 2 is 2.27 bits per heavy atom. The molecule has 0 saturated carbocycles. The summed E-state index contributed by atoms with van der Waals surface area (Å²) in [6, 6.07) is 4.37. The zero-order chi connectivity index (χ0) is 7.84. The van der Waals surface area contributed by atoms with Crippen LogP contribution in [0.4, 0.5) is 4.39 Å². The zero-order valence-electron chi connectivity index (χ0n) is 5.66. The molecule has 0 unspecified atom stereocenters. The first-order valence-electron chi connectivity index (χ1n) is 3.16. The number of halogens is 1. The largest absolute Gasteiger partial charge is 0.323 e. The van der Waals surface area contributed by atoms with E-state index < -0.39 is 0 Å². The highest BCUT2D eigenvalue weighted by molar-refractivity contribution is 5.78. The average molecular weight is 151 g/mol. The summed E-state index contributed by atoms with van der Waals surface area (Å²) >= 11 is 0. The molecule has 0 saturated heterocycles. The fraction of sp³-hybridized carbons (Fsp3) is 0. The lowest BCUT2D eigenvalue weighted by Crippen LogP contribution is -2.08. The van der Waals surface area contributed by atoms with Crippen molar-refractivity contribution in [2.24, 2.45) is 0 Å². The first-order chi connectivity index (χ1) is 5.27. The van der Waals surface area contributed by atoms with Crippen LogP contribution in [0.2, 0.25) is 0 Å². The van der Waals surface area contributed by atoms with E-state index in [0.717, 1.165) is 10.2 Å². The fourth-order valence-electron chi connectivity index (χ4n) is 1.01. The maximum atomic E-state index is 12.6. The van der Waals surface area contributed by atoms with Crippen LogP contribution >= 0.6 is 0 Å². The fourth-order valence-corrected chi connectivity index (χ4v) is 1.01. The van der Waals surface area contributed by atoms with E-state index in [1.807, 2.05) is 0 Å². The number of fused-ring (bicyclic) bond motifs is 1. The van der Waals surface area contributed by atoms with Gasteiger partial charge >= 0.3 is 0 Å². The van der Waals surface area contributed by atoms with Crippen LogP contribution in [0.3, 0.4) is 0 Å². The van der Waals surface area contributed by atoms with Crippen LogP contribution in [-0.4, -0.2) is 9.89 Å². The summed E-state index contributed by atoms with van der Waals surface area (Å²) in [5.41, 5.74) is 0.602. The molecule has 0 aliphatic rings. The highest BCUT2D eigenvalue weighted by Gasteiger charge is 1.99. The van der Waals surface area contributed by atoms with Crippen molar-refractivity contribution in [2.45, 2.75) is 0 Å². The molecule has 0 bridgehead atoms. The van der Waals surface area contributed by atoms with Gasteiger partial charge in [-0.3, -0.25) is 0 Å². The van der Waals surface area contributed by atoms with Crippen molar-refractivity contribution in [1.82, 2.24) is 9.89 Å². The van der Waals surface area contributed by atoms with E-state index in [9.17, 15) is 4.39 Å². The van der Waals surface area contributed by atoms with Gasteiger partial charge in [0.05, 0.1) is 11.7 Å². The maximum Gasteiger partial charge on any atom is 0.125 e. The van der Waals surface area contributed by atoms with Crippen molar-refractivity contribution >= 4 is 10.9 Å². The van der Waals surface area contributed by atoms with E-state index in [2.05, 4.69) is 5.10 Å². The number of aromatic nitrogens is 2. The van der Waals surface area contributed by atoms with Crippen molar-refractivity contribution in [2.75, 3.05) is 5.84 Å². The van der Waals surface area contributed by atoms with E-state index >= 15 is 0 Å². The summed E-state index contributed by atoms with van der Waals surface area (Å²) in [7, 11) is 0. The Hall–Kier alpha value is -1.58. The average Bonchev–Trinajstić information content (AvgIpc) is 2.33. The molecule has 0 fully saturated rings. The summed E-state index contributed by atoms with van der Waals surface area (Å²) < 4.78 is 12.6. The molecule has 1 aromatic carbocycles. The van der Waals surface area contributed by atoms with E-state index in [0.29, 0.717) is 5.52 Å². The van der Waals surface area contributed by atoms with Gasteiger partial charge in [0.15, 0.2) is 0 Å². The first-order valence-corrected chi connectivity index (χ1v) is 3.16. The third-order valence-electron chi connectivity index (χ3n) is 1.56. The minimum atomic E-state index is -0.301. The Bertz CT molecular complexity index is 393. The van der Waals surface area contributed by atoms with E-state index in [-0.39, 0.29) is 5.82 Å². The lowest BCUT2D eigenvalue weighted by molar-refractivity contribution is 0.628. The van der Waals surface area contributed by atoms with Crippen LogP contribution in [-0.2, 0) is 0 Å². The summed E-state index contributed by atoms with van der Waals surface area (Å²) in [5.74, 6) is 5.08.